The second-order valence-electron chi connectivity index (χ2n) is 2.54. The van der Waals surface area contributed by atoms with E-state index in [-0.39, 0.29) is 5.91 Å². The van der Waals surface area contributed by atoms with Crippen molar-refractivity contribution < 1.29 is 14.7 Å². The highest BCUT2D eigenvalue weighted by Crippen LogP contribution is 2.01. The first-order chi connectivity index (χ1) is 6.61. The van der Waals surface area contributed by atoms with Crippen LogP contribution >= 0.6 is 22.6 Å². The highest BCUT2D eigenvalue weighted by atomic mass is 127. The van der Waals surface area contributed by atoms with Crippen LogP contribution in [0.4, 0.5) is 0 Å². The summed E-state index contributed by atoms with van der Waals surface area (Å²) in [5, 5.41) is 10.9. The lowest BCUT2D eigenvalue weighted by Crippen LogP contribution is -2.35. The van der Waals surface area contributed by atoms with Gasteiger partial charge in [-0.15, -0.1) is 0 Å². The second-order valence-corrected chi connectivity index (χ2v) is 3.79. The van der Waals surface area contributed by atoms with Crippen LogP contribution in [0, 0.1) is 0 Å². The summed E-state index contributed by atoms with van der Waals surface area (Å²) in [6.45, 7) is 0. The van der Waals surface area contributed by atoms with Gasteiger partial charge in [-0.05, 0) is 34.7 Å². The molecule has 0 saturated heterocycles. The van der Waals surface area contributed by atoms with Gasteiger partial charge in [0.2, 0.25) is 0 Å². The summed E-state index contributed by atoms with van der Waals surface area (Å²) in [4.78, 5) is 21.8. The van der Waals surface area contributed by atoms with Crippen molar-refractivity contribution in [2.45, 2.75) is 4.05 Å². The number of hydrogen-bond donors (Lipinski definition) is 2. The van der Waals surface area contributed by atoms with E-state index in [9.17, 15) is 9.59 Å². The number of carbonyl (C=O) groups is 2. The molecule has 74 valence electrons. The maximum Gasteiger partial charge on any atom is 0.336 e. The molecule has 0 aliphatic carbocycles. The minimum Gasteiger partial charge on any atom is -0.479 e. The first-order valence-corrected chi connectivity index (χ1v) is 5.08. The average molecular weight is 305 g/mol. The number of benzene rings is 1. The van der Waals surface area contributed by atoms with Gasteiger partial charge in [-0.3, -0.25) is 4.79 Å². The first-order valence-electron chi connectivity index (χ1n) is 3.84. The molecule has 5 heteroatoms. The predicted octanol–water partition coefficient (Wildman–Crippen LogP) is 1.26. The van der Waals surface area contributed by atoms with Crippen LogP contribution in [0.25, 0.3) is 0 Å². The van der Waals surface area contributed by atoms with E-state index in [2.05, 4.69) is 5.32 Å². The standard InChI is InChI=1S/C9H8INO3/c10-7(9(13)14)11-8(12)6-4-2-1-3-5-6/h1-5,7H,(H,11,12)(H,13,14)/t7-/m0/s1. The number of amides is 1. The van der Waals surface area contributed by atoms with Crippen molar-refractivity contribution in [3.8, 4) is 0 Å². The summed E-state index contributed by atoms with van der Waals surface area (Å²) in [6.07, 6.45) is 0. The Balaban J connectivity index is 2.64. The fourth-order valence-corrected chi connectivity index (χ4v) is 1.13. The number of carbonyl (C=O) groups excluding carboxylic acids is 1. The molecule has 2 N–H and O–H groups in total. The van der Waals surface area contributed by atoms with E-state index in [1.807, 2.05) is 0 Å². The summed E-state index contributed by atoms with van der Waals surface area (Å²) in [5.74, 6) is -1.44. The van der Waals surface area contributed by atoms with Crippen LogP contribution < -0.4 is 5.32 Å². The third-order valence-electron chi connectivity index (χ3n) is 1.51. The number of carboxylic acid groups (broad SMARTS) is 1. The van der Waals surface area contributed by atoms with E-state index in [1.165, 1.54) is 0 Å². The lowest BCUT2D eigenvalue weighted by Gasteiger charge is -2.07. The molecule has 0 bridgehead atoms. The van der Waals surface area contributed by atoms with E-state index in [1.54, 1.807) is 52.9 Å². The average Bonchev–Trinajstić information content (AvgIpc) is 2.19. The quantitative estimate of drug-likeness (QED) is 0.502. The maximum atomic E-state index is 11.4. The Bertz CT molecular complexity index is 339. The summed E-state index contributed by atoms with van der Waals surface area (Å²) < 4.78 is -0.902. The second kappa shape index (κ2) is 4.94. The van der Waals surface area contributed by atoms with E-state index < -0.39 is 10.0 Å². The molecule has 14 heavy (non-hydrogen) atoms. The highest BCUT2D eigenvalue weighted by molar-refractivity contribution is 14.1. The van der Waals surface area contributed by atoms with Gasteiger partial charge in [0.05, 0.1) is 0 Å². The van der Waals surface area contributed by atoms with Crippen molar-refractivity contribution in [1.82, 2.24) is 5.32 Å². The Kier molecular flexibility index (Phi) is 3.87. The molecule has 0 heterocycles. The Labute approximate surface area is 94.5 Å². The zero-order valence-corrected chi connectivity index (χ0v) is 9.26. The number of halogens is 1. The predicted molar refractivity (Wildman–Crippen MR) is 59.4 cm³/mol. The molecule has 0 saturated carbocycles. The molecule has 0 aromatic heterocycles. The smallest absolute Gasteiger partial charge is 0.336 e. The van der Waals surface area contributed by atoms with Gasteiger partial charge < -0.3 is 10.4 Å². The van der Waals surface area contributed by atoms with Crippen LogP contribution in [0.2, 0.25) is 0 Å². The van der Waals surface area contributed by atoms with Gasteiger partial charge in [-0.25, -0.2) is 4.79 Å². The molecule has 1 atom stereocenters. The molecule has 1 rings (SSSR count). The third kappa shape index (κ3) is 2.99. The first kappa shape index (κ1) is 11.0. The number of rotatable bonds is 3. The molecule has 1 amide bonds. The van der Waals surface area contributed by atoms with Crippen molar-refractivity contribution in [1.29, 1.82) is 0 Å². The van der Waals surface area contributed by atoms with Gasteiger partial charge in [0.1, 0.15) is 0 Å². The molecule has 0 spiro atoms. The molecular formula is C9H8INO3. The van der Waals surface area contributed by atoms with E-state index in [0.717, 1.165) is 0 Å². The number of alkyl halides is 1. The lowest BCUT2D eigenvalue weighted by atomic mass is 10.2. The molecule has 0 fully saturated rings. The van der Waals surface area contributed by atoms with Gasteiger partial charge >= 0.3 is 5.97 Å². The van der Waals surface area contributed by atoms with Gasteiger partial charge in [0.15, 0.2) is 4.05 Å². The molecule has 4 nitrogen and oxygen atoms in total. The van der Waals surface area contributed by atoms with Gasteiger partial charge in [-0.2, -0.15) is 0 Å². The fourth-order valence-electron chi connectivity index (χ4n) is 0.850. The van der Waals surface area contributed by atoms with Gasteiger partial charge in [0.25, 0.3) is 5.91 Å². The molecule has 0 aliphatic heterocycles. The Morgan fingerprint density at radius 1 is 1.29 bits per heavy atom. The molecular weight excluding hydrogens is 297 g/mol. The summed E-state index contributed by atoms with van der Waals surface area (Å²) in [6, 6.07) is 8.48. The van der Waals surface area contributed by atoms with Crippen LogP contribution in [0.3, 0.4) is 0 Å². The monoisotopic (exact) mass is 305 g/mol. The highest BCUT2D eigenvalue weighted by Gasteiger charge is 2.16. The van der Waals surface area contributed by atoms with Crippen molar-refractivity contribution >= 4 is 34.5 Å². The number of carboxylic acids is 1. The van der Waals surface area contributed by atoms with Crippen LogP contribution in [-0.2, 0) is 4.79 Å². The molecule has 0 aliphatic rings. The molecule has 0 radical (unpaired) electrons. The number of aliphatic carboxylic acids is 1. The van der Waals surface area contributed by atoms with E-state index >= 15 is 0 Å². The SMILES string of the molecule is O=C(N[C@H](I)C(=O)O)c1ccccc1. The normalized spacial score (nSPS) is 11.8. The van der Waals surface area contributed by atoms with Crippen LogP contribution in [-0.4, -0.2) is 21.0 Å². The minimum absolute atomic E-state index is 0.382. The maximum absolute atomic E-state index is 11.4. The lowest BCUT2D eigenvalue weighted by molar-refractivity contribution is -0.136. The van der Waals surface area contributed by atoms with Gasteiger partial charge in [0, 0.05) is 5.56 Å². The minimum atomic E-state index is -1.06. The van der Waals surface area contributed by atoms with Crippen molar-refractivity contribution in [2.75, 3.05) is 0 Å². The summed E-state index contributed by atoms with van der Waals surface area (Å²) in [7, 11) is 0. The van der Waals surface area contributed by atoms with Gasteiger partial charge in [-0.1, -0.05) is 18.2 Å². The topological polar surface area (TPSA) is 66.4 Å². The number of nitrogens with one attached hydrogen (secondary N) is 1. The molecule has 0 unspecified atom stereocenters. The zero-order valence-electron chi connectivity index (χ0n) is 7.11. The largest absolute Gasteiger partial charge is 0.479 e. The van der Waals surface area contributed by atoms with E-state index in [4.69, 9.17) is 5.11 Å². The van der Waals surface area contributed by atoms with Crippen LogP contribution in [0.1, 0.15) is 10.4 Å². The Morgan fingerprint density at radius 3 is 2.36 bits per heavy atom. The Morgan fingerprint density at radius 2 is 1.86 bits per heavy atom. The van der Waals surface area contributed by atoms with Crippen molar-refractivity contribution in [3.63, 3.8) is 0 Å². The molecule has 1 aromatic carbocycles. The Hall–Kier alpha value is -1.11. The summed E-state index contributed by atoms with van der Waals surface area (Å²) >= 11 is 1.64. The van der Waals surface area contributed by atoms with Crippen LogP contribution in [0.5, 0.6) is 0 Å². The third-order valence-corrected chi connectivity index (χ3v) is 2.35. The van der Waals surface area contributed by atoms with Crippen molar-refractivity contribution in [2.24, 2.45) is 0 Å². The van der Waals surface area contributed by atoms with Crippen molar-refractivity contribution in [3.05, 3.63) is 35.9 Å². The zero-order chi connectivity index (χ0) is 10.6. The molecule has 1 aromatic rings. The number of hydrogen-bond acceptors (Lipinski definition) is 2. The van der Waals surface area contributed by atoms with E-state index in [0.29, 0.717) is 5.56 Å². The van der Waals surface area contributed by atoms with Crippen LogP contribution in [0.15, 0.2) is 30.3 Å². The summed E-state index contributed by atoms with van der Waals surface area (Å²) in [5.41, 5.74) is 0.454. The fraction of sp³-hybridized carbons (Fsp3) is 0.111.